The van der Waals surface area contributed by atoms with Gasteiger partial charge in [-0.15, -0.1) is 0 Å². The minimum absolute atomic E-state index is 0.284. The van der Waals surface area contributed by atoms with E-state index in [1.165, 1.54) is 6.07 Å². The van der Waals surface area contributed by atoms with Crippen LogP contribution in [-0.4, -0.2) is 9.55 Å². The molecule has 0 aliphatic carbocycles. The predicted molar refractivity (Wildman–Crippen MR) is 76.7 cm³/mol. The Morgan fingerprint density at radius 3 is 2.68 bits per heavy atom. The summed E-state index contributed by atoms with van der Waals surface area (Å²) in [5.74, 6) is 0.942. The van der Waals surface area contributed by atoms with Crippen molar-refractivity contribution in [3.63, 3.8) is 0 Å². The molecule has 0 aliphatic heterocycles. The summed E-state index contributed by atoms with van der Waals surface area (Å²) >= 11 is 6.07. The molecule has 0 radical (unpaired) electrons. The van der Waals surface area contributed by atoms with Crippen molar-refractivity contribution in [2.24, 2.45) is 0 Å². The van der Waals surface area contributed by atoms with E-state index in [0.29, 0.717) is 23.1 Å². The monoisotopic (exact) mass is 281 g/mol. The van der Waals surface area contributed by atoms with Crippen LogP contribution in [0.1, 0.15) is 26.1 Å². The van der Waals surface area contributed by atoms with Crippen LogP contribution in [0.15, 0.2) is 18.2 Å². The van der Waals surface area contributed by atoms with Crippen molar-refractivity contribution in [3.8, 4) is 11.3 Å². The maximum absolute atomic E-state index is 14.0. The molecule has 3 nitrogen and oxygen atoms in total. The quantitative estimate of drug-likeness (QED) is 0.924. The van der Waals surface area contributed by atoms with Crippen molar-refractivity contribution in [3.05, 3.63) is 34.9 Å². The Bertz CT molecular complexity index is 572. The Hall–Kier alpha value is -1.55. The largest absolute Gasteiger partial charge is 0.383 e. The van der Waals surface area contributed by atoms with Crippen molar-refractivity contribution in [2.45, 2.75) is 33.2 Å². The minimum Gasteiger partial charge on any atom is -0.383 e. The number of halogens is 2. The molecule has 0 aliphatic rings. The van der Waals surface area contributed by atoms with Gasteiger partial charge in [0.15, 0.2) is 0 Å². The molecule has 2 aromatic rings. The van der Waals surface area contributed by atoms with E-state index in [9.17, 15) is 4.39 Å². The average Bonchev–Trinajstić information content (AvgIpc) is 2.66. The molecule has 1 aromatic heterocycles. The number of aryl methyl sites for hydroxylation is 1. The maximum atomic E-state index is 14.0. The molecule has 0 saturated heterocycles. The summed E-state index contributed by atoms with van der Waals surface area (Å²) in [6.07, 6.45) is 1.77. The first kappa shape index (κ1) is 13.9. The van der Waals surface area contributed by atoms with Crippen LogP contribution in [0.4, 0.5) is 10.2 Å². The van der Waals surface area contributed by atoms with E-state index in [2.05, 4.69) is 11.9 Å². The third-order valence-electron chi connectivity index (χ3n) is 3.08. The molecule has 2 N–H and O–H groups in total. The highest BCUT2D eigenvalue weighted by molar-refractivity contribution is 6.33. The highest BCUT2D eigenvalue weighted by Crippen LogP contribution is 2.34. The van der Waals surface area contributed by atoms with Crippen LogP contribution >= 0.6 is 11.6 Å². The lowest BCUT2D eigenvalue weighted by Gasteiger charge is -2.06. The number of benzene rings is 1. The van der Waals surface area contributed by atoms with Gasteiger partial charge in [0.05, 0.1) is 10.6 Å². The van der Waals surface area contributed by atoms with Crippen LogP contribution in [0, 0.1) is 5.82 Å². The maximum Gasteiger partial charge on any atom is 0.134 e. The van der Waals surface area contributed by atoms with Crippen LogP contribution in [0.3, 0.4) is 0 Å². The van der Waals surface area contributed by atoms with E-state index in [-0.39, 0.29) is 5.56 Å². The van der Waals surface area contributed by atoms with Gasteiger partial charge in [0.1, 0.15) is 23.2 Å². The molecule has 0 atom stereocenters. The highest BCUT2D eigenvalue weighted by atomic mass is 35.5. The third-order valence-corrected chi connectivity index (χ3v) is 3.39. The summed E-state index contributed by atoms with van der Waals surface area (Å²) in [5.41, 5.74) is 6.81. The Morgan fingerprint density at radius 1 is 1.37 bits per heavy atom. The number of hydrogen-bond acceptors (Lipinski definition) is 2. The van der Waals surface area contributed by atoms with Gasteiger partial charge in [-0.2, -0.15) is 0 Å². The normalized spacial score (nSPS) is 10.9. The number of nitrogens with two attached hydrogens (primary N) is 1. The molecule has 5 heteroatoms. The summed E-state index contributed by atoms with van der Waals surface area (Å²) < 4.78 is 15.9. The predicted octanol–water partition coefficient (Wildman–Crippen LogP) is 3.90. The Morgan fingerprint density at radius 2 is 2.11 bits per heavy atom. The molecule has 0 saturated carbocycles. The minimum atomic E-state index is -0.400. The van der Waals surface area contributed by atoms with E-state index in [4.69, 9.17) is 17.3 Å². The van der Waals surface area contributed by atoms with Gasteiger partial charge in [0, 0.05) is 13.0 Å². The third kappa shape index (κ3) is 2.45. The van der Waals surface area contributed by atoms with Gasteiger partial charge in [-0.25, -0.2) is 9.37 Å². The highest BCUT2D eigenvalue weighted by Gasteiger charge is 2.19. The summed E-state index contributed by atoms with van der Waals surface area (Å²) in [5, 5.41) is 0.329. The molecule has 19 heavy (non-hydrogen) atoms. The first-order valence-corrected chi connectivity index (χ1v) is 6.77. The molecule has 0 fully saturated rings. The molecule has 0 unspecified atom stereocenters. The van der Waals surface area contributed by atoms with Crippen molar-refractivity contribution in [2.75, 3.05) is 5.73 Å². The topological polar surface area (TPSA) is 43.8 Å². The molecule has 1 aromatic carbocycles. The number of nitrogens with zero attached hydrogens (tertiary/aromatic N) is 2. The number of hydrogen-bond donors (Lipinski definition) is 1. The van der Waals surface area contributed by atoms with E-state index in [0.717, 1.165) is 18.7 Å². The summed E-state index contributed by atoms with van der Waals surface area (Å²) in [6, 6.07) is 4.58. The number of anilines is 1. The zero-order chi connectivity index (χ0) is 14.0. The summed E-state index contributed by atoms with van der Waals surface area (Å²) in [4.78, 5) is 4.48. The van der Waals surface area contributed by atoms with Crippen LogP contribution < -0.4 is 5.73 Å². The number of nitrogen functional groups attached to an aromatic ring is 1. The molecule has 0 spiro atoms. The van der Waals surface area contributed by atoms with Gasteiger partial charge >= 0.3 is 0 Å². The first-order valence-electron chi connectivity index (χ1n) is 6.39. The summed E-state index contributed by atoms with van der Waals surface area (Å²) in [6.45, 7) is 4.77. The SMILES string of the molecule is CCCc1nc(-c2c(F)cccc2Cl)c(N)n1CC. The van der Waals surface area contributed by atoms with Gasteiger partial charge < -0.3 is 10.3 Å². The fourth-order valence-corrected chi connectivity index (χ4v) is 2.44. The lowest BCUT2D eigenvalue weighted by Crippen LogP contribution is -2.05. The van der Waals surface area contributed by atoms with Crippen molar-refractivity contribution < 1.29 is 4.39 Å². The Labute approximate surface area is 117 Å². The molecule has 102 valence electrons. The van der Waals surface area contributed by atoms with Gasteiger partial charge in [-0.1, -0.05) is 24.6 Å². The lowest BCUT2D eigenvalue weighted by molar-refractivity contribution is 0.631. The molecule has 1 heterocycles. The number of aromatic nitrogens is 2. The average molecular weight is 282 g/mol. The smallest absolute Gasteiger partial charge is 0.134 e. The molecule has 2 rings (SSSR count). The fourth-order valence-electron chi connectivity index (χ4n) is 2.19. The fraction of sp³-hybridized carbons (Fsp3) is 0.357. The van der Waals surface area contributed by atoms with E-state index < -0.39 is 5.82 Å². The van der Waals surface area contributed by atoms with Gasteiger partial charge in [-0.05, 0) is 25.5 Å². The van der Waals surface area contributed by atoms with Gasteiger partial charge in [-0.3, -0.25) is 0 Å². The Kier molecular flexibility index (Phi) is 4.10. The van der Waals surface area contributed by atoms with Crippen LogP contribution in [0.25, 0.3) is 11.3 Å². The second kappa shape index (κ2) is 5.61. The van der Waals surface area contributed by atoms with E-state index in [1.807, 2.05) is 11.5 Å². The standard InChI is InChI=1S/C14H17ClFN3/c1-3-6-11-18-13(14(17)19(11)4-2)12-9(15)7-5-8-10(12)16/h5,7-8H,3-4,6,17H2,1-2H3. The summed E-state index contributed by atoms with van der Waals surface area (Å²) in [7, 11) is 0. The first-order chi connectivity index (χ1) is 9.10. The second-order valence-corrected chi connectivity index (χ2v) is 4.76. The van der Waals surface area contributed by atoms with Crippen LogP contribution in [0.5, 0.6) is 0 Å². The molecular formula is C14H17ClFN3. The van der Waals surface area contributed by atoms with Gasteiger partial charge in [0.2, 0.25) is 0 Å². The zero-order valence-electron chi connectivity index (χ0n) is 11.1. The molecule has 0 amide bonds. The number of rotatable bonds is 4. The van der Waals surface area contributed by atoms with Crippen molar-refractivity contribution in [1.29, 1.82) is 0 Å². The van der Waals surface area contributed by atoms with Crippen LogP contribution in [-0.2, 0) is 13.0 Å². The second-order valence-electron chi connectivity index (χ2n) is 4.35. The van der Waals surface area contributed by atoms with Crippen molar-refractivity contribution in [1.82, 2.24) is 9.55 Å². The number of imidazole rings is 1. The molecule has 0 bridgehead atoms. The van der Waals surface area contributed by atoms with Crippen molar-refractivity contribution >= 4 is 17.4 Å². The Balaban J connectivity index is 2.63. The lowest BCUT2D eigenvalue weighted by atomic mass is 10.1. The van der Waals surface area contributed by atoms with Crippen LogP contribution in [0.2, 0.25) is 5.02 Å². The van der Waals surface area contributed by atoms with E-state index in [1.54, 1.807) is 12.1 Å². The molecular weight excluding hydrogens is 265 g/mol. The van der Waals surface area contributed by atoms with Gasteiger partial charge in [0.25, 0.3) is 0 Å². The zero-order valence-corrected chi connectivity index (χ0v) is 11.8. The van der Waals surface area contributed by atoms with E-state index >= 15 is 0 Å².